The van der Waals surface area contributed by atoms with Crippen molar-refractivity contribution < 1.29 is 38.9 Å². The lowest BCUT2D eigenvalue weighted by Crippen LogP contribution is -2.67. The van der Waals surface area contributed by atoms with Crippen molar-refractivity contribution in [2.75, 3.05) is 20.7 Å². The summed E-state index contributed by atoms with van der Waals surface area (Å²) < 4.78 is 5.79. The highest BCUT2D eigenvalue weighted by Crippen LogP contribution is 2.52. The van der Waals surface area contributed by atoms with E-state index in [4.69, 9.17) is 4.74 Å². The molecule has 3 aliphatic carbocycles. The van der Waals surface area contributed by atoms with E-state index in [1.807, 2.05) is 7.05 Å². The van der Waals surface area contributed by atoms with E-state index in [9.17, 15) is 34.2 Å². The van der Waals surface area contributed by atoms with Crippen LogP contribution in [-0.2, 0) is 25.6 Å². The van der Waals surface area contributed by atoms with E-state index >= 15 is 0 Å². The van der Waals surface area contributed by atoms with Gasteiger partial charge in [-0.3, -0.25) is 28.9 Å². The van der Waals surface area contributed by atoms with Crippen LogP contribution in [0.15, 0.2) is 6.07 Å². The van der Waals surface area contributed by atoms with Crippen molar-refractivity contribution in [3.63, 3.8) is 0 Å². The molecule has 0 bridgehead atoms. The number of aromatic hydroxyl groups is 1. The molecule has 6 atom stereocenters. The standard InChI is InChI=1S/C27H31NO8/c1-12(29)20-18(30)10-14-8-13-9-16-22(23(32)21(13)26(34)27(14,35)25(20)33)19(31)11-15(24(16)36-3)17-6-4-5-7-28(17)2/h11,13-14,17,20-21,31,35H,4-10H2,1-3H3. The van der Waals surface area contributed by atoms with E-state index in [1.165, 1.54) is 13.2 Å². The first-order valence-electron chi connectivity index (χ1n) is 12.5. The van der Waals surface area contributed by atoms with Gasteiger partial charge in [-0.2, -0.15) is 0 Å². The van der Waals surface area contributed by atoms with Crippen molar-refractivity contribution >= 4 is 28.9 Å². The first kappa shape index (κ1) is 24.8. The van der Waals surface area contributed by atoms with Gasteiger partial charge in [0.2, 0.25) is 0 Å². The van der Waals surface area contributed by atoms with Gasteiger partial charge in [0.15, 0.2) is 28.7 Å². The molecule has 1 aromatic rings. The number of phenolic OH excluding ortho intramolecular Hbond substituents is 1. The van der Waals surface area contributed by atoms with E-state index < -0.39 is 58.2 Å². The Morgan fingerprint density at radius 2 is 1.86 bits per heavy atom. The van der Waals surface area contributed by atoms with E-state index in [1.54, 1.807) is 0 Å². The molecule has 0 radical (unpaired) electrons. The highest BCUT2D eigenvalue weighted by Gasteiger charge is 2.66. The molecule has 6 unspecified atom stereocenters. The van der Waals surface area contributed by atoms with Gasteiger partial charge in [0.25, 0.3) is 0 Å². The Bertz CT molecular complexity index is 1200. The second-order valence-electron chi connectivity index (χ2n) is 10.8. The van der Waals surface area contributed by atoms with Gasteiger partial charge < -0.3 is 14.9 Å². The predicted octanol–water partition coefficient (Wildman–Crippen LogP) is 1.60. The van der Waals surface area contributed by atoms with Crippen molar-refractivity contribution in [3.8, 4) is 11.5 Å². The Morgan fingerprint density at radius 1 is 1.14 bits per heavy atom. The zero-order valence-corrected chi connectivity index (χ0v) is 20.7. The van der Waals surface area contributed by atoms with Gasteiger partial charge in [-0.1, -0.05) is 6.42 Å². The number of hydrogen-bond acceptors (Lipinski definition) is 9. The Labute approximate surface area is 208 Å². The molecule has 0 aromatic heterocycles. The number of methoxy groups -OCH3 is 1. The molecule has 4 aliphatic rings. The SMILES string of the molecule is COc1c(C2CCCCN2C)cc(O)c2c1CC1CC3CC(=O)C(C(C)=O)C(=O)C3(O)C(=O)C1C2=O. The molecule has 192 valence electrons. The number of rotatable bonds is 3. The molecule has 9 heteroatoms. The Balaban J connectivity index is 1.59. The number of ketones is 5. The molecule has 3 fully saturated rings. The number of ether oxygens (including phenoxy) is 1. The number of aliphatic hydroxyl groups is 1. The minimum Gasteiger partial charge on any atom is -0.507 e. The summed E-state index contributed by atoms with van der Waals surface area (Å²) in [5.41, 5.74) is -1.28. The average Bonchev–Trinajstić information content (AvgIpc) is 2.81. The second-order valence-corrected chi connectivity index (χ2v) is 10.8. The van der Waals surface area contributed by atoms with Crippen LogP contribution in [0.5, 0.6) is 11.5 Å². The number of nitrogens with zero attached hydrogens (tertiary/aromatic N) is 1. The number of fused-ring (bicyclic) bond motifs is 3. The molecule has 5 rings (SSSR count). The van der Waals surface area contributed by atoms with Crippen LogP contribution in [0.3, 0.4) is 0 Å². The molecule has 1 aromatic carbocycles. The Kier molecular flexibility index (Phi) is 5.91. The molecule has 2 saturated carbocycles. The maximum Gasteiger partial charge on any atom is 0.190 e. The third kappa shape index (κ3) is 3.32. The van der Waals surface area contributed by atoms with Crippen molar-refractivity contribution in [2.45, 2.75) is 57.1 Å². The Morgan fingerprint density at radius 3 is 2.50 bits per heavy atom. The zero-order valence-electron chi connectivity index (χ0n) is 20.7. The molecule has 2 N–H and O–H groups in total. The quantitative estimate of drug-likeness (QED) is 0.596. The maximum absolute atomic E-state index is 13.7. The largest absolute Gasteiger partial charge is 0.507 e. The third-order valence-electron chi connectivity index (χ3n) is 8.84. The summed E-state index contributed by atoms with van der Waals surface area (Å²) in [5.74, 6) is -8.44. The van der Waals surface area contributed by atoms with E-state index in [0.29, 0.717) is 11.3 Å². The van der Waals surface area contributed by atoms with Gasteiger partial charge in [0, 0.05) is 29.5 Å². The lowest BCUT2D eigenvalue weighted by Gasteiger charge is -2.48. The van der Waals surface area contributed by atoms with Crippen LogP contribution in [0.25, 0.3) is 0 Å². The van der Waals surface area contributed by atoms with Gasteiger partial charge in [-0.15, -0.1) is 0 Å². The summed E-state index contributed by atoms with van der Waals surface area (Å²) in [5, 5.41) is 22.3. The number of hydrogen-bond donors (Lipinski definition) is 2. The van der Waals surface area contributed by atoms with Gasteiger partial charge in [-0.25, -0.2) is 0 Å². The maximum atomic E-state index is 13.7. The van der Waals surface area contributed by atoms with Crippen molar-refractivity contribution in [2.24, 2.45) is 23.7 Å². The highest BCUT2D eigenvalue weighted by atomic mass is 16.5. The topological polar surface area (TPSA) is 138 Å². The minimum atomic E-state index is -2.57. The smallest absolute Gasteiger partial charge is 0.190 e. The molecule has 1 heterocycles. The summed E-state index contributed by atoms with van der Waals surface area (Å²) in [6.45, 7) is 1.97. The molecule has 9 nitrogen and oxygen atoms in total. The van der Waals surface area contributed by atoms with Gasteiger partial charge >= 0.3 is 0 Å². The number of phenols is 1. The fourth-order valence-electron chi connectivity index (χ4n) is 7.12. The lowest BCUT2D eigenvalue weighted by molar-refractivity contribution is -0.175. The predicted molar refractivity (Wildman–Crippen MR) is 126 cm³/mol. The van der Waals surface area contributed by atoms with Crippen LogP contribution in [0.2, 0.25) is 0 Å². The van der Waals surface area contributed by atoms with Crippen molar-refractivity contribution in [3.05, 3.63) is 22.8 Å². The van der Waals surface area contributed by atoms with Gasteiger partial charge in [0.05, 0.1) is 18.6 Å². The summed E-state index contributed by atoms with van der Waals surface area (Å²) in [6, 6.07) is 1.54. The molecule has 0 spiro atoms. The van der Waals surface area contributed by atoms with Crippen LogP contribution in [0, 0.1) is 23.7 Å². The third-order valence-corrected chi connectivity index (χ3v) is 8.84. The molecule has 1 saturated heterocycles. The molecular formula is C27H31NO8. The van der Waals surface area contributed by atoms with Crippen LogP contribution in [0.1, 0.15) is 66.6 Å². The monoisotopic (exact) mass is 497 g/mol. The van der Waals surface area contributed by atoms with Crippen LogP contribution >= 0.6 is 0 Å². The minimum absolute atomic E-state index is 0.00732. The molecular weight excluding hydrogens is 466 g/mol. The number of likely N-dealkylation sites (tertiary alicyclic amines) is 1. The van der Waals surface area contributed by atoms with E-state index in [-0.39, 0.29) is 36.6 Å². The summed E-state index contributed by atoms with van der Waals surface area (Å²) in [6.07, 6.45) is 3.01. The fraction of sp³-hybridized carbons (Fsp3) is 0.593. The van der Waals surface area contributed by atoms with Crippen molar-refractivity contribution in [1.82, 2.24) is 4.90 Å². The summed E-state index contributed by atoms with van der Waals surface area (Å²) >= 11 is 0. The van der Waals surface area contributed by atoms with Gasteiger partial charge in [0.1, 0.15) is 23.2 Å². The fourth-order valence-corrected chi connectivity index (χ4v) is 7.12. The van der Waals surface area contributed by atoms with Crippen LogP contribution < -0.4 is 4.74 Å². The van der Waals surface area contributed by atoms with Crippen LogP contribution in [-0.4, -0.2) is 70.3 Å². The first-order chi connectivity index (χ1) is 17.0. The normalized spacial score (nSPS) is 34.6. The van der Waals surface area contributed by atoms with Crippen molar-refractivity contribution in [1.29, 1.82) is 0 Å². The second kappa shape index (κ2) is 8.59. The number of benzene rings is 1. The van der Waals surface area contributed by atoms with Crippen LogP contribution in [0.4, 0.5) is 0 Å². The summed E-state index contributed by atoms with van der Waals surface area (Å²) in [4.78, 5) is 67.1. The zero-order chi connectivity index (χ0) is 26.1. The first-order valence-corrected chi connectivity index (χ1v) is 12.5. The number of Topliss-reactive ketones (excluding diaryl/α,β-unsaturated/α-hetero) is 5. The number of piperidine rings is 1. The highest BCUT2D eigenvalue weighted by molar-refractivity contribution is 6.31. The van der Waals surface area contributed by atoms with Gasteiger partial charge in [-0.05, 0) is 58.2 Å². The Hall–Kier alpha value is -2.91. The lowest BCUT2D eigenvalue weighted by atomic mass is 9.53. The van der Waals surface area contributed by atoms with E-state index in [2.05, 4.69) is 4.90 Å². The average molecular weight is 498 g/mol. The van der Waals surface area contributed by atoms with E-state index in [0.717, 1.165) is 38.3 Å². The molecule has 0 amide bonds. The number of carbonyl (C=O) groups is 5. The molecule has 1 aliphatic heterocycles. The number of carbonyl (C=O) groups excluding carboxylic acids is 5. The molecule has 36 heavy (non-hydrogen) atoms. The summed E-state index contributed by atoms with van der Waals surface area (Å²) in [7, 11) is 3.52.